The largest absolute Gasteiger partial charge is 0.326 e. The second kappa shape index (κ2) is 7.85. The Balaban J connectivity index is 2.63. The zero-order valence-corrected chi connectivity index (χ0v) is 12.2. The molecule has 1 rings (SSSR count). The van der Waals surface area contributed by atoms with Gasteiger partial charge < -0.3 is 5.73 Å². The molecule has 0 amide bonds. The summed E-state index contributed by atoms with van der Waals surface area (Å²) in [4.78, 5) is 2.42. The lowest BCUT2D eigenvalue weighted by Crippen LogP contribution is -2.39. The van der Waals surface area contributed by atoms with Crippen LogP contribution in [0.25, 0.3) is 0 Å². The topological polar surface area (TPSA) is 29.3 Å². The average Bonchev–Trinajstić information content (AvgIpc) is 2.83. The Morgan fingerprint density at radius 1 is 1.35 bits per heavy atom. The van der Waals surface area contributed by atoms with Gasteiger partial charge in [-0.3, -0.25) is 4.90 Å². The van der Waals surface area contributed by atoms with E-state index in [-0.39, 0.29) is 6.04 Å². The SMILES string of the molecule is CCCCCN(C)C(c1ccsc1)C(N)CC. The van der Waals surface area contributed by atoms with E-state index < -0.39 is 0 Å². The Labute approximate surface area is 110 Å². The van der Waals surface area contributed by atoms with Crippen molar-refractivity contribution < 1.29 is 0 Å². The Morgan fingerprint density at radius 2 is 2.12 bits per heavy atom. The van der Waals surface area contributed by atoms with Gasteiger partial charge in [-0.15, -0.1) is 0 Å². The molecule has 98 valence electrons. The second-order valence-corrected chi connectivity index (χ2v) is 5.54. The van der Waals surface area contributed by atoms with Crippen molar-refractivity contribution in [3.63, 3.8) is 0 Å². The molecule has 3 heteroatoms. The lowest BCUT2D eigenvalue weighted by atomic mass is 9.99. The number of hydrogen-bond acceptors (Lipinski definition) is 3. The molecular weight excluding hydrogens is 228 g/mol. The Morgan fingerprint density at radius 3 is 2.65 bits per heavy atom. The van der Waals surface area contributed by atoms with Gasteiger partial charge in [0.2, 0.25) is 0 Å². The van der Waals surface area contributed by atoms with Crippen LogP contribution in [0.1, 0.15) is 51.1 Å². The molecule has 2 N–H and O–H groups in total. The molecule has 2 atom stereocenters. The molecule has 0 bridgehead atoms. The van der Waals surface area contributed by atoms with Crippen molar-refractivity contribution in [2.24, 2.45) is 5.73 Å². The van der Waals surface area contributed by atoms with Crippen LogP contribution in [0.5, 0.6) is 0 Å². The fraction of sp³-hybridized carbons (Fsp3) is 0.714. The summed E-state index contributed by atoms with van der Waals surface area (Å²) < 4.78 is 0. The summed E-state index contributed by atoms with van der Waals surface area (Å²) >= 11 is 1.76. The molecule has 0 fully saturated rings. The summed E-state index contributed by atoms with van der Waals surface area (Å²) in [5.74, 6) is 0. The molecule has 0 aliphatic carbocycles. The quantitative estimate of drug-likeness (QED) is 0.718. The van der Waals surface area contributed by atoms with Gasteiger partial charge in [0.05, 0.1) is 6.04 Å². The average molecular weight is 254 g/mol. The van der Waals surface area contributed by atoms with Gasteiger partial charge in [-0.05, 0) is 48.8 Å². The second-order valence-electron chi connectivity index (χ2n) is 4.76. The number of thiophene rings is 1. The summed E-state index contributed by atoms with van der Waals surface area (Å²) in [5, 5.41) is 4.38. The van der Waals surface area contributed by atoms with Crippen LogP contribution in [0.15, 0.2) is 16.8 Å². The number of nitrogens with two attached hydrogens (primary N) is 1. The van der Waals surface area contributed by atoms with Gasteiger partial charge in [-0.2, -0.15) is 11.3 Å². The van der Waals surface area contributed by atoms with Gasteiger partial charge in [0.1, 0.15) is 0 Å². The van der Waals surface area contributed by atoms with E-state index in [2.05, 4.69) is 42.6 Å². The maximum atomic E-state index is 6.28. The maximum Gasteiger partial charge on any atom is 0.0504 e. The molecule has 0 radical (unpaired) electrons. The van der Waals surface area contributed by atoms with Crippen LogP contribution >= 0.6 is 11.3 Å². The third-order valence-corrected chi connectivity index (χ3v) is 4.05. The van der Waals surface area contributed by atoms with E-state index in [0.717, 1.165) is 13.0 Å². The van der Waals surface area contributed by atoms with Crippen molar-refractivity contribution in [2.45, 2.75) is 51.6 Å². The molecular formula is C14H26N2S. The highest BCUT2D eigenvalue weighted by Gasteiger charge is 2.22. The van der Waals surface area contributed by atoms with E-state index in [0.29, 0.717) is 6.04 Å². The molecule has 0 aliphatic rings. The van der Waals surface area contributed by atoms with Crippen molar-refractivity contribution in [1.29, 1.82) is 0 Å². The van der Waals surface area contributed by atoms with Gasteiger partial charge in [-0.25, -0.2) is 0 Å². The zero-order chi connectivity index (χ0) is 12.7. The highest BCUT2D eigenvalue weighted by molar-refractivity contribution is 7.07. The van der Waals surface area contributed by atoms with Crippen LogP contribution < -0.4 is 5.73 Å². The van der Waals surface area contributed by atoms with Crippen LogP contribution in [0.2, 0.25) is 0 Å². The van der Waals surface area contributed by atoms with Crippen LogP contribution in [-0.4, -0.2) is 24.5 Å². The Kier molecular flexibility index (Phi) is 6.78. The maximum absolute atomic E-state index is 6.28. The van der Waals surface area contributed by atoms with Crippen LogP contribution in [0, 0.1) is 0 Å². The number of unbranched alkanes of at least 4 members (excludes halogenated alkanes) is 2. The van der Waals surface area contributed by atoms with Crippen LogP contribution in [0.3, 0.4) is 0 Å². The van der Waals surface area contributed by atoms with E-state index >= 15 is 0 Å². The Hall–Kier alpha value is -0.380. The van der Waals surface area contributed by atoms with E-state index in [1.54, 1.807) is 11.3 Å². The third kappa shape index (κ3) is 4.41. The first-order valence-corrected chi connectivity index (χ1v) is 7.62. The van der Waals surface area contributed by atoms with Crippen LogP contribution in [0.4, 0.5) is 0 Å². The molecule has 1 heterocycles. The number of rotatable bonds is 8. The summed E-state index contributed by atoms with van der Waals surface area (Å²) in [6.45, 7) is 5.56. The predicted octanol–water partition coefficient (Wildman–Crippen LogP) is 3.65. The van der Waals surface area contributed by atoms with E-state index in [4.69, 9.17) is 5.73 Å². The minimum absolute atomic E-state index is 0.233. The standard InChI is InChI=1S/C14H26N2S/c1-4-6-7-9-16(3)14(13(15)5-2)12-8-10-17-11-12/h8,10-11,13-14H,4-7,9,15H2,1-3H3. The van der Waals surface area contributed by atoms with Crippen molar-refractivity contribution >= 4 is 11.3 Å². The first-order chi connectivity index (χ1) is 8.20. The summed E-state index contributed by atoms with van der Waals surface area (Å²) in [7, 11) is 2.20. The smallest absolute Gasteiger partial charge is 0.0504 e. The van der Waals surface area contributed by atoms with Gasteiger partial charge in [0.15, 0.2) is 0 Å². The minimum Gasteiger partial charge on any atom is -0.326 e. The lowest BCUT2D eigenvalue weighted by Gasteiger charge is -2.32. The van der Waals surface area contributed by atoms with Crippen molar-refractivity contribution in [2.75, 3.05) is 13.6 Å². The number of hydrogen-bond donors (Lipinski definition) is 1. The molecule has 0 saturated carbocycles. The normalized spacial score (nSPS) is 15.1. The van der Waals surface area contributed by atoms with Crippen molar-refractivity contribution in [3.05, 3.63) is 22.4 Å². The number of likely N-dealkylation sites (N-methyl/N-ethyl adjacent to an activating group) is 1. The van der Waals surface area contributed by atoms with Gasteiger partial charge >= 0.3 is 0 Å². The fourth-order valence-electron chi connectivity index (χ4n) is 2.25. The molecule has 0 aliphatic heterocycles. The van der Waals surface area contributed by atoms with Crippen LogP contribution in [-0.2, 0) is 0 Å². The van der Waals surface area contributed by atoms with Crippen molar-refractivity contribution in [3.8, 4) is 0 Å². The monoisotopic (exact) mass is 254 g/mol. The first kappa shape index (κ1) is 14.7. The molecule has 17 heavy (non-hydrogen) atoms. The predicted molar refractivity (Wildman–Crippen MR) is 77.5 cm³/mol. The molecule has 0 spiro atoms. The summed E-state index contributed by atoms with van der Waals surface area (Å²) in [6.07, 6.45) is 4.88. The zero-order valence-electron chi connectivity index (χ0n) is 11.4. The van der Waals surface area contributed by atoms with Gasteiger partial charge in [-0.1, -0.05) is 26.7 Å². The lowest BCUT2D eigenvalue weighted by molar-refractivity contribution is 0.206. The van der Waals surface area contributed by atoms with E-state index in [1.165, 1.54) is 24.8 Å². The highest BCUT2D eigenvalue weighted by atomic mass is 32.1. The minimum atomic E-state index is 0.233. The third-order valence-electron chi connectivity index (χ3n) is 3.35. The van der Waals surface area contributed by atoms with Gasteiger partial charge in [0, 0.05) is 6.04 Å². The molecule has 0 aromatic carbocycles. The summed E-state index contributed by atoms with van der Waals surface area (Å²) in [5.41, 5.74) is 7.65. The molecule has 2 nitrogen and oxygen atoms in total. The molecule has 2 unspecified atom stereocenters. The molecule has 1 aromatic heterocycles. The first-order valence-electron chi connectivity index (χ1n) is 6.68. The van der Waals surface area contributed by atoms with E-state index in [1.807, 2.05) is 0 Å². The van der Waals surface area contributed by atoms with Gasteiger partial charge in [0.25, 0.3) is 0 Å². The Bertz CT molecular complexity index is 284. The molecule has 0 saturated heterocycles. The van der Waals surface area contributed by atoms with Crippen molar-refractivity contribution in [1.82, 2.24) is 4.90 Å². The summed E-state index contributed by atoms with van der Waals surface area (Å²) in [6, 6.07) is 2.82. The highest BCUT2D eigenvalue weighted by Crippen LogP contribution is 2.26. The van der Waals surface area contributed by atoms with E-state index in [9.17, 15) is 0 Å². The fourth-order valence-corrected chi connectivity index (χ4v) is 2.93. The number of nitrogens with zero attached hydrogens (tertiary/aromatic N) is 1. The molecule has 1 aromatic rings.